The third-order valence-corrected chi connectivity index (χ3v) is 8.65. The third kappa shape index (κ3) is 3.87. The third-order valence-electron chi connectivity index (χ3n) is 5.71. The molecule has 0 N–H and O–H groups in total. The minimum absolute atomic E-state index is 0.0902. The van der Waals surface area contributed by atoms with Gasteiger partial charge in [-0.2, -0.15) is 4.31 Å². The van der Waals surface area contributed by atoms with Crippen LogP contribution in [0.1, 0.15) is 35.0 Å². The van der Waals surface area contributed by atoms with Crippen molar-refractivity contribution in [2.24, 2.45) is 0 Å². The number of hydrogen-bond acceptors (Lipinski definition) is 5. The first-order chi connectivity index (χ1) is 14.3. The van der Waals surface area contributed by atoms with Gasteiger partial charge in [-0.3, -0.25) is 4.79 Å². The Morgan fingerprint density at radius 3 is 2.70 bits per heavy atom. The number of para-hydroxylation sites is 1. The fraction of sp³-hybridized carbons (Fsp3) is 0.364. The zero-order valence-corrected chi connectivity index (χ0v) is 19.0. The molecule has 1 atom stereocenters. The molecular formula is C22H25N3O3S2. The molecule has 158 valence electrons. The summed E-state index contributed by atoms with van der Waals surface area (Å²) in [5.74, 6) is -0.188. The van der Waals surface area contributed by atoms with Crippen LogP contribution in [0.4, 0.5) is 0 Å². The lowest BCUT2D eigenvalue weighted by molar-refractivity contribution is -0.132. The zero-order valence-electron chi connectivity index (χ0n) is 17.3. The second-order valence-electron chi connectivity index (χ2n) is 7.77. The molecule has 8 heteroatoms. The summed E-state index contributed by atoms with van der Waals surface area (Å²) in [6.45, 7) is 4.26. The molecule has 3 aromatic rings. The Bertz CT molecular complexity index is 1170. The molecule has 6 nitrogen and oxygen atoms in total. The molecule has 1 aliphatic heterocycles. The fourth-order valence-electron chi connectivity index (χ4n) is 3.78. The van der Waals surface area contributed by atoms with Gasteiger partial charge in [0.05, 0.1) is 27.7 Å². The number of likely N-dealkylation sites (tertiary alicyclic amines) is 1. The molecule has 0 spiro atoms. The highest BCUT2D eigenvalue weighted by atomic mass is 32.2. The van der Waals surface area contributed by atoms with Crippen LogP contribution in [0.15, 0.2) is 47.4 Å². The lowest BCUT2D eigenvalue weighted by Gasteiger charge is -2.26. The molecule has 1 aliphatic rings. The number of hydrogen-bond donors (Lipinski definition) is 0. The van der Waals surface area contributed by atoms with Gasteiger partial charge in [-0.1, -0.05) is 18.2 Å². The van der Waals surface area contributed by atoms with E-state index < -0.39 is 10.0 Å². The minimum atomic E-state index is -3.73. The second kappa shape index (κ2) is 8.09. The van der Waals surface area contributed by atoms with Gasteiger partial charge in [0.1, 0.15) is 5.01 Å². The van der Waals surface area contributed by atoms with Crippen molar-refractivity contribution in [2.45, 2.75) is 37.6 Å². The maximum atomic E-state index is 13.1. The van der Waals surface area contributed by atoms with E-state index in [-0.39, 0.29) is 23.4 Å². The summed E-state index contributed by atoms with van der Waals surface area (Å²) < 4.78 is 28.2. The van der Waals surface area contributed by atoms with Crippen molar-refractivity contribution < 1.29 is 13.2 Å². The number of aromatic nitrogens is 1. The Balaban J connectivity index is 1.52. The lowest BCUT2D eigenvalue weighted by Crippen LogP contribution is -2.40. The Morgan fingerprint density at radius 1 is 1.20 bits per heavy atom. The van der Waals surface area contributed by atoms with Crippen LogP contribution in [0.2, 0.25) is 0 Å². The summed E-state index contributed by atoms with van der Waals surface area (Å²) >= 11 is 1.60. The lowest BCUT2D eigenvalue weighted by atomic mass is 10.1. The molecular weight excluding hydrogens is 418 g/mol. The molecule has 1 unspecified atom stereocenters. The minimum Gasteiger partial charge on any atom is -0.332 e. The van der Waals surface area contributed by atoms with Crippen molar-refractivity contribution in [3.8, 4) is 0 Å². The van der Waals surface area contributed by atoms with Crippen molar-refractivity contribution in [3.63, 3.8) is 0 Å². The smallest absolute Gasteiger partial charge is 0.243 e. The number of amides is 1. The number of likely N-dealkylation sites (N-methyl/N-ethyl adjacent to an activating group) is 1. The topological polar surface area (TPSA) is 70.6 Å². The fourth-order valence-corrected chi connectivity index (χ4v) is 6.10. The average Bonchev–Trinajstić information content (AvgIpc) is 3.36. The molecule has 0 saturated carbocycles. The maximum Gasteiger partial charge on any atom is 0.243 e. The van der Waals surface area contributed by atoms with Crippen molar-refractivity contribution >= 4 is 37.5 Å². The van der Waals surface area contributed by atoms with Crippen molar-refractivity contribution in [2.75, 3.05) is 20.1 Å². The highest BCUT2D eigenvalue weighted by Gasteiger charge is 2.34. The average molecular weight is 444 g/mol. The predicted octanol–water partition coefficient (Wildman–Crippen LogP) is 3.90. The summed E-state index contributed by atoms with van der Waals surface area (Å²) in [7, 11) is -2.27. The van der Waals surface area contributed by atoms with Gasteiger partial charge < -0.3 is 4.90 Å². The maximum absolute atomic E-state index is 13.1. The standard InChI is InChI=1S/C22H25N3O3S2/c1-15-10-11-17(13-16(15)2)30(27,28)24(3)14-21(26)25-12-6-8-19(25)22-23-18-7-4-5-9-20(18)29-22/h4-5,7,9-11,13,19H,6,8,12,14H2,1-3H3. The first kappa shape index (κ1) is 21.0. The predicted molar refractivity (Wildman–Crippen MR) is 119 cm³/mol. The van der Waals surface area contributed by atoms with Crippen molar-refractivity contribution in [1.82, 2.24) is 14.2 Å². The summed E-state index contributed by atoms with van der Waals surface area (Å²) in [4.78, 5) is 19.8. The highest BCUT2D eigenvalue weighted by molar-refractivity contribution is 7.89. The van der Waals surface area contributed by atoms with Crippen molar-refractivity contribution in [1.29, 1.82) is 0 Å². The van der Waals surface area contributed by atoms with E-state index in [2.05, 4.69) is 0 Å². The van der Waals surface area contributed by atoms with Crippen LogP contribution >= 0.6 is 11.3 Å². The van der Waals surface area contributed by atoms with Gasteiger partial charge in [0.2, 0.25) is 15.9 Å². The normalized spacial score (nSPS) is 17.2. The van der Waals surface area contributed by atoms with E-state index >= 15 is 0 Å². The largest absolute Gasteiger partial charge is 0.332 e. The van der Waals surface area contributed by atoms with E-state index in [4.69, 9.17) is 4.98 Å². The number of benzene rings is 2. The molecule has 1 aromatic heterocycles. The summed E-state index contributed by atoms with van der Waals surface area (Å²) in [5.41, 5.74) is 2.88. The number of nitrogens with zero attached hydrogens (tertiary/aromatic N) is 3. The van der Waals surface area contributed by atoms with Gasteiger partial charge in [-0.25, -0.2) is 13.4 Å². The van der Waals surface area contributed by atoms with Crippen LogP contribution in [0.3, 0.4) is 0 Å². The molecule has 30 heavy (non-hydrogen) atoms. The van der Waals surface area contributed by atoms with E-state index in [0.29, 0.717) is 6.54 Å². The number of thiazole rings is 1. The second-order valence-corrected chi connectivity index (χ2v) is 10.9. The summed E-state index contributed by atoms with van der Waals surface area (Å²) in [6.07, 6.45) is 1.74. The number of aryl methyl sites for hydroxylation is 2. The summed E-state index contributed by atoms with van der Waals surface area (Å²) in [6, 6.07) is 12.9. The Kier molecular flexibility index (Phi) is 5.65. The quantitative estimate of drug-likeness (QED) is 0.600. The number of fused-ring (bicyclic) bond motifs is 1. The van der Waals surface area contributed by atoms with E-state index in [9.17, 15) is 13.2 Å². The van der Waals surface area contributed by atoms with Gasteiger partial charge >= 0.3 is 0 Å². The monoisotopic (exact) mass is 443 g/mol. The first-order valence-electron chi connectivity index (χ1n) is 9.96. The Hall–Kier alpha value is -2.29. The molecule has 2 aromatic carbocycles. The molecule has 2 heterocycles. The molecule has 1 fully saturated rings. The molecule has 0 radical (unpaired) electrons. The van der Waals surface area contributed by atoms with Gasteiger partial charge in [0.15, 0.2) is 0 Å². The molecule has 4 rings (SSSR count). The molecule has 0 bridgehead atoms. The van der Waals surface area contributed by atoms with Gasteiger partial charge in [-0.15, -0.1) is 11.3 Å². The van der Waals surface area contributed by atoms with Crippen LogP contribution in [-0.4, -0.2) is 48.7 Å². The van der Waals surface area contributed by atoms with Crippen LogP contribution < -0.4 is 0 Å². The summed E-state index contributed by atoms with van der Waals surface area (Å²) in [5, 5.41) is 0.918. The van der Waals surface area contributed by atoms with Crippen LogP contribution in [0, 0.1) is 13.8 Å². The van der Waals surface area contributed by atoms with Gasteiger partial charge in [0, 0.05) is 13.6 Å². The van der Waals surface area contributed by atoms with E-state index in [1.807, 2.05) is 38.1 Å². The number of sulfonamides is 1. The number of carbonyl (C=O) groups excluding carboxylic acids is 1. The Labute approximate surface area is 181 Å². The zero-order chi connectivity index (χ0) is 21.5. The van der Waals surface area contributed by atoms with Crippen LogP contribution in [-0.2, 0) is 14.8 Å². The SMILES string of the molecule is Cc1ccc(S(=O)(=O)N(C)CC(=O)N2CCCC2c2nc3ccccc3s2)cc1C. The van der Waals surface area contributed by atoms with Gasteiger partial charge in [0.25, 0.3) is 0 Å². The van der Waals surface area contributed by atoms with Crippen molar-refractivity contribution in [3.05, 3.63) is 58.6 Å². The van der Waals surface area contributed by atoms with Crippen LogP contribution in [0.25, 0.3) is 10.2 Å². The van der Waals surface area contributed by atoms with E-state index in [0.717, 1.165) is 43.5 Å². The van der Waals surface area contributed by atoms with E-state index in [1.54, 1.807) is 34.4 Å². The van der Waals surface area contributed by atoms with Gasteiger partial charge in [-0.05, 0) is 62.1 Å². The first-order valence-corrected chi connectivity index (χ1v) is 12.2. The number of carbonyl (C=O) groups is 1. The molecule has 1 saturated heterocycles. The molecule has 0 aliphatic carbocycles. The Morgan fingerprint density at radius 2 is 1.97 bits per heavy atom. The highest BCUT2D eigenvalue weighted by Crippen LogP contribution is 2.36. The molecule has 1 amide bonds. The van der Waals surface area contributed by atoms with E-state index in [1.165, 1.54) is 7.05 Å². The van der Waals surface area contributed by atoms with Crippen LogP contribution in [0.5, 0.6) is 0 Å². The number of rotatable bonds is 5.